The number of thioether (sulfide) groups is 1. The van der Waals surface area contributed by atoms with E-state index in [-0.39, 0.29) is 16.3 Å². The van der Waals surface area contributed by atoms with Gasteiger partial charge in [-0.15, -0.1) is 11.8 Å². The van der Waals surface area contributed by atoms with E-state index in [1.165, 1.54) is 23.9 Å². The van der Waals surface area contributed by atoms with Gasteiger partial charge in [0, 0.05) is 39.4 Å². The van der Waals surface area contributed by atoms with Crippen LogP contribution in [0.4, 0.5) is 10.2 Å². The van der Waals surface area contributed by atoms with Crippen LogP contribution in [-0.2, 0) is 9.59 Å². The highest BCUT2D eigenvalue weighted by atomic mass is 35.5. The number of halogens is 3. The molecule has 3 heterocycles. The van der Waals surface area contributed by atoms with Crippen LogP contribution in [0.3, 0.4) is 0 Å². The first kappa shape index (κ1) is 26.6. The number of ketones is 2. The third-order valence-corrected chi connectivity index (χ3v) is 7.98. The maximum Gasteiger partial charge on any atom is 0.225 e. The summed E-state index contributed by atoms with van der Waals surface area (Å²) in [7, 11) is 0. The first-order valence-corrected chi connectivity index (χ1v) is 12.8. The summed E-state index contributed by atoms with van der Waals surface area (Å²) in [4.78, 5) is 28.8. The van der Waals surface area contributed by atoms with Crippen LogP contribution in [-0.4, -0.2) is 50.6 Å². The molecule has 1 aliphatic rings. The van der Waals surface area contributed by atoms with Gasteiger partial charge in [-0.25, -0.2) is 9.37 Å². The van der Waals surface area contributed by atoms with Crippen molar-refractivity contribution < 1.29 is 19.1 Å². The van der Waals surface area contributed by atoms with Crippen molar-refractivity contribution in [2.75, 3.05) is 18.9 Å². The molecule has 3 unspecified atom stereocenters. The van der Waals surface area contributed by atoms with Crippen molar-refractivity contribution in [3.8, 4) is 11.1 Å². The molecule has 0 bridgehead atoms. The average Bonchev–Trinajstić information content (AvgIpc) is 3.37. The second-order valence-corrected chi connectivity index (χ2v) is 10.6. The van der Waals surface area contributed by atoms with Gasteiger partial charge in [0.15, 0.2) is 0 Å². The summed E-state index contributed by atoms with van der Waals surface area (Å²) in [6.07, 6.45) is 6.31. The first-order chi connectivity index (χ1) is 17.2. The number of nitrogens with zero attached hydrogens (tertiary/aromatic N) is 3. The standard InChI is InChI=1S/C24H24Cl2FN5O3S/c1-12(21-16(25)2-3-17(27)22(21)26)36-20-6-13(8-30-24(20)28)14-9-31-32(10-14)15-4-5-29-18(7-15)23(35)19(34)11-33/h2-3,6,8-10,12,15,18,29,33H,4-5,7,11H2,1H3,(H2,28,30). The van der Waals surface area contributed by atoms with Gasteiger partial charge in [-0.05, 0) is 44.5 Å². The fourth-order valence-electron chi connectivity index (χ4n) is 4.17. The minimum atomic E-state index is -0.803. The second-order valence-electron chi connectivity index (χ2n) is 8.46. The number of benzene rings is 1. The molecule has 8 nitrogen and oxygen atoms in total. The van der Waals surface area contributed by atoms with E-state index in [1.807, 2.05) is 19.2 Å². The lowest BCUT2D eigenvalue weighted by Gasteiger charge is -2.29. The minimum absolute atomic E-state index is 0.0223. The number of pyridine rings is 1. The number of piperidine rings is 1. The van der Waals surface area contributed by atoms with Gasteiger partial charge in [-0.1, -0.05) is 23.2 Å². The van der Waals surface area contributed by atoms with Crippen LogP contribution in [0, 0.1) is 5.82 Å². The maximum atomic E-state index is 14.0. The SMILES string of the molecule is CC(Sc1cc(-c2cnn(C3CCNC(C(=O)C(=O)CO)C3)c2)cnc1N)c1c(Cl)ccc(F)c1Cl. The lowest BCUT2D eigenvalue weighted by molar-refractivity contribution is -0.139. The summed E-state index contributed by atoms with van der Waals surface area (Å²) in [6.45, 7) is 1.61. The quantitative estimate of drug-likeness (QED) is 0.215. The predicted octanol–water partition coefficient (Wildman–Crippen LogP) is 4.25. The molecule has 0 radical (unpaired) electrons. The number of anilines is 1. The second kappa shape index (κ2) is 11.3. The number of aromatic nitrogens is 3. The highest BCUT2D eigenvalue weighted by Crippen LogP contribution is 2.44. The first-order valence-electron chi connectivity index (χ1n) is 11.2. The van der Waals surface area contributed by atoms with Gasteiger partial charge >= 0.3 is 0 Å². The van der Waals surface area contributed by atoms with Crippen LogP contribution >= 0.6 is 35.0 Å². The Morgan fingerprint density at radius 2 is 2.11 bits per heavy atom. The Bertz CT molecular complexity index is 1300. The molecule has 2 aromatic heterocycles. The van der Waals surface area contributed by atoms with Gasteiger partial charge in [0.1, 0.15) is 18.2 Å². The molecular weight excluding hydrogens is 528 g/mol. The fourth-order valence-corrected chi connectivity index (χ4v) is 6.11. The van der Waals surface area contributed by atoms with E-state index < -0.39 is 30.0 Å². The summed E-state index contributed by atoms with van der Waals surface area (Å²) in [5, 5.41) is 16.5. The molecule has 36 heavy (non-hydrogen) atoms. The third-order valence-electron chi connectivity index (χ3n) is 6.09. The molecule has 0 saturated carbocycles. The molecule has 1 aromatic carbocycles. The number of aliphatic hydroxyl groups is 1. The topological polar surface area (TPSA) is 123 Å². The van der Waals surface area contributed by atoms with E-state index in [0.29, 0.717) is 34.3 Å². The van der Waals surface area contributed by atoms with Crippen LogP contribution in [0.15, 0.2) is 41.7 Å². The van der Waals surface area contributed by atoms with Crippen molar-refractivity contribution in [3.05, 3.63) is 58.2 Å². The predicted molar refractivity (Wildman–Crippen MR) is 138 cm³/mol. The Balaban J connectivity index is 1.53. The minimum Gasteiger partial charge on any atom is -0.388 e. The highest BCUT2D eigenvalue weighted by molar-refractivity contribution is 7.99. The van der Waals surface area contributed by atoms with E-state index in [0.717, 1.165) is 17.5 Å². The normalized spacial score (nSPS) is 18.7. The molecule has 1 saturated heterocycles. The zero-order chi connectivity index (χ0) is 26.0. The Hall–Kier alpha value is -2.50. The number of aliphatic hydroxyl groups excluding tert-OH is 1. The van der Waals surface area contributed by atoms with Crippen LogP contribution in [0.1, 0.15) is 36.6 Å². The van der Waals surface area contributed by atoms with Gasteiger partial charge in [-0.2, -0.15) is 5.10 Å². The lowest BCUT2D eigenvalue weighted by Crippen LogP contribution is -2.47. The molecule has 4 N–H and O–H groups in total. The van der Waals surface area contributed by atoms with Gasteiger partial charge in [0.25, 0.3) is 0 Å². The van der Waals surface area contributed by atoms with Crippen LogP contribution in [0.2, 0.25) is 10.0 Å². The van der Waals surface area contributed by atoms with Gasteiger partial charge in [-0.3, -0.25) is 14.3 Å². The third kappa shape index (κ3) is 5.57. The Morgan fingerprint density at radius 1 is 1.33 bits per heavy atom. The van der Waals surface area contributed by atoms with Crippen LogP contribution in [0.25, 0.3) is 11.1 Å². The Labute approximate surface area is 221 Å². The summed E-state index contributed by atoms with van der Waals surface area (Å²) in [5.74, 6) is -1.65. The number of Topliss-reactive ketones (excluding diaryl/α,β-unsaturated/α-hetero) is 2. The largest absolute Gasteiger partial charge is 0.388 e. The number of carbonyl (C=O) groups is 2. The molecule has 190 valence electrons. The van der Waals surface area contributed by atoms with Crippen molar-refractivity contribution in [2.24, 2.45) is 0 Å². The summed E-state index contributed by atoms with van der Waals surface area (Å²) in [5.41, 5.74) is 8.18. The number of carbonyl (C=O) groups excluding carboxylic acids is 2. The molecule has 1 fully saturated rings. The number of nitrogens with two attached hydrogens (primary N) is 1. The van der Waals surface area contributed by atoms with E-state index in [9.17, 15) is 14.0 Å². The van der Waals surface area contributed by atoms with Crippen molar-refractivity contribution in [1.29, 1.82) is 0 Å². The smallest absolute Gasteiger partial charge is 0.225 e. The van der Waals surface area contributed by atoms with Gasteiger partial charge < -0.3 is 16.2 Å². The lowest BCUT2D eigenvalue weighted by atomic mass is 9.95. The zero-order valence-electron chi connectivity index (χ0n) is 19.2. The number of hydrogen-bond acceptors (Lipinski definition) is 8. The van der Waals surface area contributed by atoms with E-state index >= 15 is 0 Å². The molecule has 3 aromatic rings. The monoisotopic (exact) mass is 551 g/mol. The molecule has 4 rings (SSSR count). The number of hydrogen-bond donors (Lipinski definition) is 3. The van der Waals surface area contributed by atoms with Crippen molar-refractivity contribution in [3.63, 3.8) is 0 Å². The Morgan fingerprint density at radius 3 is 2.86 bits per heavy atom. The molecule has 3 atom stereocenters. The Kier molecular flexibility index (Phi) is 8.31. The molecule has 1 aliphatic heterocycles. The molecule has 12 heteroatoms. The van der Waals surface area contributed by atoms with E-state index in [1.54, 1.807) is 17.1 Å². The van der Waals surface area contributed by atoms with Crippen molar-refractivity contribution in [2.45, 2.75) is 42.0 Å². The van der Waals surface area contributed by atoms with E-state index in [4.69, 9.17) is 34.0 Å². The maximum absolute atomic E-state index is 14.0. The van der Waals surface area contributed by atoms with Gasteiger partial charge in [0.05, 0.1) is 28.2 Å². The average molecular weight is 552 g/mol. The summed E-state index contributed by atoms with van der Waals surface area (Å²) >= 11 is 13.8. The highest BCUT2D eigenvalue weighted by Gasteiger charge is 2.31. The summed E-state index contributed by atoms with van der Waals surface area (Å²) < 4.78 is 15.8. The van der Waals surface area contributed by atoms with Crippen LogP contribution < -0.4 is 11.1 Å². The molecule has 0 aliphatic carbocycles. The molecule has 0 spiro atoms. The summed E-state index contributed by atoms with van der Waals surface area (Å²) in [6, 6.07) is 3.83. The van der Waals surface area contributed by atoms with Crippen molar-refractivity contribution in [1.82, 2.24) is 20.1 Å². The van der Waals surface area contributed by atoms with Gasteiger partial charge in [0.2, 0.25) is 11.6 Å². The van der Waals surface area contributed by atoms with Crippen LogP contribution in [0.5, 0.6) is 0 Å². The van der Waals surface area contributed by atoms with Crippen molar-refractivity contribution >= 4 is 52.3 Å². The molecular formula is C24H24Cl2FN5O3S. The van der Waals surface area contributed by atoms with E-state index in [2.05, 4.69) is 15.4 Å². The molecule has 0 amide bonds. The number of nitrogen functional groups attached to an aromatic ring is 1. The fraction of sp³-hybridized carbons (Fsp3) is 0.333. The number of rotatable bonds is 8. The zero-order valence-corrected chi connectivity index (χ0v) is 21.6. The number of nitrogens with one attached hydrogen (secondary N) is 1.